The lowest BCUT2D eigenvalue weighted by molar-refractivity contribution is -0.384. The first-order chi connectivity index (χ1) is 13.9. The summed E-state index contributed by atoms with van der Waals surface area (Å²) in [6, 6.07) is 11.5. The molecule has 0 atom stereocenters. The molecule has 0 spiro atoms. The summed E-state index contributed by atoms with van der Waals surface area (Å²) in [4.78, 5) is 22.3. The number of carbonyl (C=O) groups is 1. The lowest BCUT2D eigenvalue weighted by Crippen LogP contribution is -2.17. The highest BCUT2D eigenvalue weighted by atomic mass is 35.5. The van der Waals surface area contributed by atoms with Crippen LogP contribution in [0.3, 0.4) is 0 Å². The van der Waals surface area contributed by atoms with Gasteiger partial charge in [-0.1, -0.05) is 11.6 Å². The number of non-ortho nitro benzene ring substituents is 1. The highest BCUT2D eigenvalue weighted by Crippen LogP contribution is 2.32. The molecule has 0 aliphatic heterocycles. The van der Waals surface area contributed by atoms with Crippen LogP contribution in [-0.4, -0.2) is 29.3 Å². The molecule has 29 heavy (non-hydrogen) atoms. The molecule has 3 aromatic rings. The number of hydrogen-bond acceptors (Lipinski definition) is 7. The van der Waals surface area contributed by atoms with Crippen molar-refractivity contribution in [2.24, 2.45) is 5.10 Å². The minimum atomic E-state index is -0.619. The quantitative estimate of drug-likeness (QED) is 0.356. The molecule has 1 heterocycles. The molecular formula is C19H14ClN3O6. The van der Waals surface area contributed by atoms with Crippen molar-refractivity contribution in [2.45, 2.75) is 0 Å². The van der Waals surface area contributed by atoms with Crippen LogP contribution in [0.25, 0.3) is 11.3 Å². The van der Waals surface area contributed by atoms with Gasteiger partial charge in [-0.2, -0.15) is 5.10 Å². The van der Waals surface area contributed by atoms with Crippen LogP contribution in [-0.2, 0) is 0 Å². The summed E-state index contributed by atoms with van der Waals surface area (Å²) in [6.45, 7) is 0. The van der Waals surface area contributed by atoms with E-state index in [-0.39, 0.29) is 22.0 Å². The molecule has 0 saturated carbocycles. The number of carbonyl (C=O) groups excluding carboxylic acids is 1. The van der Waals surface area contributed by atoms with Gasteiger partial charge in [-0.15, -0.1) is 0 Å². The second kappa shape index (κ2) is 8.44. The van der Waals surface area contributed by atoms with Crippen molar-refractivity contribution in [1.29, 1.82) is 0 Å². The summed E-state index contributed by atoms with van der Waals surface area (Å²) in [6.07, 6.45) is 1.27. The van der Waals surface area contributed by atoms with E-state index in [0.717, 1.165) is 0 Å². The number of phenols is 1. The molecule has 0 aliphatic rings. The van der Waals surface area contributed by atoms with Gasteiger partial charge >= 0.3 is 0 Å². The zero-order valence-electron chi connectivity index (χ0n) is 15.0. The molecule has 1 amide bonds. The molecule has 0 saturated heterocycles. The number of hydrazone groups is 1. The summed E-state index contributed by atoms with van der Waals surface area (Å²) >= 11 is 6.08. The number of ether oxygens (including phenoxy) is 1. The van der Waals surface area contributed by atoms with Crippen LogP contribution in [0.15, 0.2) is 58.0 Å². The summed E-state index contributed by atoms with van der Waals surface area (Å²) in [5.41, 5.74) is 2.65. The van der Waals surface area contributed by atoms with Crippen molar-refractivity contribution in [1.82, 2.24) is 5.43 Å². The number of nitrogens with zero attached hydrogens (tertiary/aromatic N) is 2. The molecule has 9 nitrogen and oxygen atoms in total. The lowest BCUT2D eigenvalue weighted by Gasteiger charge is -2.05. The van der Waals surface area contributed by atoms with Crippen molar-refractivity contribution in [3.63, 3.8) is 0 Å². The first-order valence-corrected chi connectivity index (χ1v) is 8.51. The van der Waals surface area contributed by atoms with E-state index < -0.39 is 10.8 Å². The van der Waals surface area contributed by atoms with Gasteiger partial charge in [-0.3, -0.25) is 14.9 Å². The minimum Gasteiger partial charge on any atom is -0.507 e. The third kappa shape index (κ3) is 4.53. The normalized spacial score (nSPS) is 10.8. The van der Waals surface area contributed by atoms with Gasteiger partial charge in [0.05, 0.1) is 28.8 Å². The average Bonchev–Trinajstić information content (AvgIpc) is 3.16. The van der Waals surface area contributed by atoms with Crippen molar-refractivity contribution in [3.8, 4) is 22.8 Å². The summed E-state index contributed by atoms with van der Waals surface area (Å²) in [5, 5.41) is 24.6. The van der Waals surface area contributed by atoms with Crippen LogP contribution in [0.4, 0.5) is 5.69 Å². The maximum atomic E-state index is 12.1. The Labute approximate surface area is 169 Å². The van der Waals surface area contributed by atoms with E-state index in [0.29, 0.717) is 22.8 Å². The number of aromatic hydroxyl groups is 1. The Morgan fingerprint density at radius 1 is 1.28 bits per heavy atom. The molecule has 0 bridgehead atoms. The van der Waals surface area contributed by atoms with E-state index in [2.05, 4.69) is 10.5 Å². The zero-order valence-corrected chi connectivity index (χ0v) is 15.7. The highest BCUT2D eigenvalue weighted by Gasteiger charge is 2.14. The monoisotopic (exact) mass is 415 g/mol. The van der Waals surface area contributed by atoms with Gasteiger partial charge in [0.2, 0.25) is 0 Å². The number of phenolic OH excluding ortho intramolecular Hbond substituents is 1. The SMILES string of the molecule is COc1ccc(C(=O)N/N=C\c2ccc(-c3ccc([N+](=O)[O-])cc3Cl)o2)c(O)c1. The topological polar surface area (TPSA) is 127 Å². The van der Waals surface area contributed by atoms with E-state index in [1.807, 2.05) is 0 Å². The molecule has 2 aromatic carbocycles. The van der Waals surface area contributed by atoms with E-state index in [9.17, 15) is 20.0 Å². The Morgan fingerprint density at radius 3 is 2.72 bits per heavy atom. The van der Waals surface area contributed by atoms with Crippen molar-refractivity contribution < 1.29 is 24.0 Å². The molecule has 2 N–H and O–H groups in total. The standard InChI is InChI=1S/C19H14ClN3O6/c1-28-12-3-6-15(17(24)9-12)19(25)22-21-10-13-4-7-18(29-13)14-5-2-11(23(26)27)8-16(14)20/h2-10,24H,1H3,(H,22,25)/b21-10-. The van der Waals surface area contributed by atoms with Gasteiger partial charge in [0.1, 0.15) is 23.0 Å². The first kappa shape index (κ1) is 19.9. The molecule has 148 valence electrons. The smallest absolute Gasteiger partial charge is 0.275 e. The Balaban J connectivity index is 1.69. The largest absolute Gasteiger partial charge is 0.507 e. The number of benzene rings is 2. The van der Waals surface area contributed by atoms with Crippen molar-refractivity contribution >= 4 is 29.4 Å². The molecule has 0 radical (unpaired) electrons. The predicted molar refractivity (Wildman–Crippen MR) is 106 cm³/mol. The Kier molecular flexibility index (Phi) is 5.79. The van der Waals surface area contributed by atoms with Gasteiger partial charge in [0, 0.05) is 23.8 Å². The van der Waals surface area contributed by atoms with Crippen LogP contribution in [0.1, 0.15) is 16.1 Å². The fourth-order valence-corrected chi connectivity index (χ4v) is 2.70. The predicted octanol–water partition coefficient (Wildman–Crippen LogP) is 3.99. The molecule has 3 rings (SSSR count). The maximum Gasteiger partial charge on any atom is 0.275 e. The molecule has 0 fully saturated rings. The third-order valence-corrected chi connectivity index (χ3v) is 4.18. The number of nitrogens with one attached hydrogen (secondary N) is 1. The molecule has 0 aliphatic carbocycles. The van der Waals surface area contributed by atoms with E-state index in [4.69, 9.17) is 20.8 Å². The Hall–Kier alpha value is -3.85. The summed E-state index contributed by atoms with van der Waals surface area (Å²) in [5.74, 6) is 0.242. The van der Waals surface area contributed by atoms with E-state index in [1.165, 1.54) is 49.7 Å². The third-order valence-electron chi connectivity index (χ3n) is 3.86. The van der Waals surface area contributed by atoms with Gasteiger partial charge in [0.15, 0.2) is 0 Å². The van der Waals surface area contributed by atoms with Crippen LogP contribution in [0, 0.1) is 10.1 Å². The summed E-state index contributed by atoms with van der Waals surface area (Å²) in [7, 11) is 1.44. The number of hydrogen-bond donors (Lipinski definition) is 2. The van der Waals surface area contributed by atoms with Gasteiger partial charge in [-0.25, -0.2) is 5.43 Å². The second-order valence-electron chi connectivity index (χ2n) is 5.71. The van der Waals surface area contributed by atoms with E-state index >= 15 is 0 Å². The average molecular weight is 416 g/mol. The van der Waals surface area contributed by atoms with Crippen LogP contribution in [0.5, 0.6) is 11.5 Å². The first-order valence-electron chi connectivity index (χ1n) is 8.13. The van der Waals surface area contributed by atoms with Gasteiger partial charge in [0.25, 0.3) is 11.6 Å². The second-order valence-corrected chi connectivity index (χ2v) is 6.11. The number of methoxy groups -OCH3 is 1. The number of nitro benzene ring substituents is 1. The number of nitro groups is 1. The van der Waals surface area contributed by atoms with Crippen molar-refractivity contribution in [3.05, 3.63) is 75.0 Å². The van der Waals surface area contributed by atoms with Crippen molar-refractivity contribution in [2.75, 3.05) is 7.11 Å². The van der Waals surface area contributed by atoms with Crippen LogP contribution >= 0.6 is 11.6 Å². The number of amides is 1. The fraction of sp³-hybridized carbons (Fsp3) is 0.0526. The zero-order chi connectivity index (χ0) is 21.0. The Bertz CT molecular complexity index is 1110. The number of halogens is 1. The number of rotatable bonds is 6. The highest BCUT2D eigenvalue weighted by molar-refractivity contribution is 6.33. The molecule has 10 heteroatoms. The Morgan fingerprint density at radius 2 is 2.07 bits per heavy atom. The molecular weight excluding hydrogens is 402 g/mol. The van der Waals surface area contributed by atoms with Gasteiger partial charge in [-0.05, 0) is 30.3 Å². The van der Waals surface area contributed by atoms with Gasteiger partial charge < -0.3 is 14.3 Å². The molecule has 0 unspecified atom stereocenters. The summed E-state index contributed by atoms with van der Waals surface area (Å²) < 4.78 is 10.5. The minimum absolute atomic E-state index is 0.0285. The van der Waals surface area contributed by atoms with E-state index in [1.54, 1.807) is 12.1 Å². The van der Waals surface area contributed by atoms with Crippen LogP contribution < -0.4 is 10.2 Å². The lowest BCUT2D eigenvalue weighted by atomic mass is 10.1. The number of furan rings is 1. The maximum absolute atomic E-state index is 12.1. The van der Waals surface area contributed by atoms with Crippen LogP contribution in [0.2, 0.25) is 5.02 Å². The molecule has 1 aromatic heterocycles. The fourth-order valence-electron chi connectivity index (χ4n) is 2.43.